The lowest BCUT2D eigenvalue weighted by Crippen LogP contribution is -2.27. The van der Waals surface area contributed by atoms with Crippen molar-refractivity contribution >= 4 is 17.5 Å². The first-order valence-corrected chi connectivity index (χ1v) is 9.14. The van der Waals surface area contributed by atoms with Crippen LogP contribution < -0.4 is 4.74 Å². The zero-order valence-electron chi connectivity index (χ0n) is 15.1. The summed E-state index contributed by atoms with van der Waals surface area (Å²) in [6.07, 6.45) is 1.02. The third kappa shape index (κ3) is 3.57. The Hall–Kier alpha value is -2.93. The van der Waals surface area contributed by atoms with Gasteiger partial charge >= 0.3 is 0 Å². The van der Waals surface area contributed by atoms with Crippen molar-refractivity contribution in [2.75, 3.05) is 7.11 Å². The fraction of sp³-hybridized carbons (Fsp3) is 0.250. The lowest BCUT2D eigenvalue weighted by Gasteiger charge is -2.22. The number of hydrogen-bond acceptors (Lipinski definition) is 5. The van der Waals surface area contributed by atoms with Gasteiger partial charge in [0.2, 0.25) is 17.6 Å². The molecule has 0 N–H and O–H groups in total. The first-order chi connectivity index (χ1) is 13.5. The van der Waals surface area contributed by atoms with Crippen LogP contribution in [0.2, 0.25) is 5.02 Å². The molecular formula is C20H17ClFN3O3. The maximum Gasteiger partial charge on any atom is 0.249 e. The standard InChI is InChI=1S/C20H17ClFN3O3/c1-27-14-5-2-12(3-6-14)11-25-17(8-9-18(25)26)20-23-19(24-28-20)13-4-7-16(22)15(21)10-13/h2-7,10,17H,8-9,11H2,1H3. The van der Waals surface area contributed by atoms with Crippen molar-refractivity contribution in [3.63, 3.8) is 0 Å². The molecule has 1 aromatic heterocycles. The number of hydrogen-bond donors (Lipinski definition) is 0. The molecule has 2 heterocycles. The van der Waals surface area contributed by atoms with Crippen LogP contribution in [0.4, 0.5) is 4.39 Å². The zero-order chi connectivity index (χ0) is 19.7. The summed E-state index contributed by atoms with van der Waals surface area (Å²) in [6.45, 7) is 0.438. The van der Waals surface area contributed by atoms with Gasteiger partial charge in [-0.15, -0.1) is 0 Å². The highest BCUT2D eigenvalue weighted by molar-refractivity contribution is 6.31. The van der Waals surface area contributed by atoms with Crippen molar-refractivity contribution < 1.29 is 18.4 Å². The van der Waals surface area contributed by atoms with E-state index in [-0.39, 0.29) is 17.0 Å². The van der Waals surface area contributed by atoms with Crippen molar-refractivity contribution in [3.05, 3.63) is 64.8 Å². The number of carbonyl (C=O) groups excluding carboxylic acids is 1. The number of amides is 1. The molecule has 6 nitrogen and oxygen atoms in total. The van der Waals surface area contributed by atoms with Crippen LogP contribution in [0.1, 0.15) is 30.3 Å². The number of carbonyl (C=O) groups is 1. The predicted octanol–water partition coefficient (Wildman–Crippen LogP) is 4.40. The maximum atomic E-state index is 13.4. The number of aromatic nitrogens is 2. The van der Waals surface area contributed by atoms with Gasteiger partial charge in [-0.1, -0.05) is 28.9 Å². The van der Waals surface area contributed by atoms with E-state index in [1.165, 1.54) is 18.2 Å². The Bertz CT molecular complexity index is 1010. The Kier molecular flexibility index (Phi) is 5.00. The average Bonchev–Trinajstić information content (AvgIpc) is 3.32. The normalized spacial score (nSPS) is 16.6. The SMILES string of the molecule is COc1ccc(CN2C(=O)CCC2c2nc(-c3ccc(F)c(Cl)c3)no2)cc1. The summed E-state index contributed by atoms with van der Waals surface area (Å²) in [6, 6.07) is 11.5. The van der Waals surface area contributed by atoms with E-state index in [1.807, 2.05) is 24.3 Å². The molecule has 1 amide bonds. The molecule has 0 spiro atoms. The van der Waals surface area contributed by atoms with E-state index in [9.17, 15) is 9.18 Å². The minimum absolute atomic E-state index is 0.0129. The van der Waals surface area contributed by atoms with E-state index in [0.29, 0.717) is 36.7 Å². The van der Waals surface area contributed by atoms with Crippen LogP contribution in [0.15, 0.2) is 47.0 Å². The van der Waals surface area contributed by atoms with Crippen molar-refractivity contribution in [3.8, 4) is 17.1 Å². The Morgan fingerprint density at radius 3 is 2.79 bits per heavy atom. The minimum atomic E-state index is -0.513. The molecule has 1 atom stereocenters. The fourth-order valence-electron chi connectivity index (χ4n) is 3.24. The second-order valence-electron chi connectivity index (χ2n) is 6.51. The molecule has 1 aliphatic rings. The van der Waals surface area contributed by atoms with E-state index in [2.05, 4.69) is 10.1 Å². The summed E-state index contributed by atoms with van der Waals surface area (Å²) in [5.41, 5.74) is 1.53. The maximum absolute atomic E-state index is 13.4. The summed E-state index contributed by atoms with van der Waals surface area (Å²) in [4.78, 5) is 18.5. The Balaban J connectivity index is 1.56. The molecule has 0 aliphatic carbocycles. The summed E-state index contributed by atoms with van der Waals surface area (Å²) >= 11 is 5.83. The third-order valence-electron chi connectivity index (χ3n) is 4.74. The number of nitrogens with zero attached hydrogens (tertiary/aromatic N) is 3. The number of halogens is 2. The van der Waals surface area contributed by atoms with Crippen LogP contribution in [0.25, 0.3) is 11.4 Å². The van der Waals surface area contributed by atoms with Crippen LogP contribution >= 0.6 is 11.6 Å². The first-order valence-electron chi connectivity index (χ1n) is 8.76. The number of likely N-dealkylation sites (tertiary alicyclic amines) is 1. The van der Waals surface area contributed by atoms with Gasteiger partial charge in [0.15, 0.2) is 0 Å². The molecule has 0 radical (unpaired) electrons. The van der Waals surface area contributed by atoms with Crippen molar-refractivity contribution in [2.24, 2.45) is 0 Å². The molecule has 1 aliphatic heterocycles. The molecular weight excluding hydrogens is 385 g/mol. The lowest BCUT2D eigenvalue weighted by molar-refractivity contribution is -0.129. The van der Waals surface area contributed by atoms with Crippen molar-refractivity contribution in [1.29, 1.82) is 0 Å². The summed E-state index contributed by atoms with van der Waals surface area (Å²) in [5.74, 6) is 0.939. The molecule has 8 heteroatoms. The molecule has 1 saturated heterocycles. The summed E-state index contributed by atoms with van der Waals surface area (Å²) in [7, 11) is 1.61. The van der Waals surface area contributed by atoms with Crippen LogP contribution in [0.3, 0.4) is 0 Å². The topological polar surface area (TPSA) is 68.5 Å². The Morgan fingerprint density at radius 1 is 1.29 bits per heavy atom. The van der Waals surface area contributed by atoms with Gasteiger partial charge in [-0.3, -0.25) is 4.79 Å². The van der Waals surface area contributed by atoms with Gasteiger partial charge < -0.3 is 14.2 Å². The number of methoxy groups -OCH3 is 1. The van der Waals surface area contributed by atoms with Gasteiger partial charge in [0.25, 0.3) is 0 Å². The second-order valence-corrected chi connectivity index (χ2v) is 6.92. The molecule has 0 bridgehead atoms. The third-order valence-corrected chi connectivity index (χ3v) is 5.03. The first kappa shape index (κ1) is 18.4. The molecule has 1 unspecified atom stereocenters. The van der Waals surface area contributed by atoms with Crippen LogP contribution in [0.5, 0.6) is 5.75 Å². The molecule has 0 saturated carbocycles. The van der Waals surface area contributed by atoms with E-state index in [0.717, 1.165) is 11.3 Å². The van der Waals surface area contributed by atoms with Crippen LogP contribution in [0, 0.1) is 5.82 Å². The smallest absolute Gasteiger partial charge is 0.249 e. The quantitative estimate of drug-likeness (QED) is 0.633. The van der Waals surface area contributed by atoms with Gasteiger partial charge in [-0.25, -0.2) is 4.39 Å². The predicted molar refractivity (Wildman–Crippen MR) is 100 cm³/mol. The molecule has 1 fully saturated rings. The molecule has 4 rings (SSSR count). The second kappa shape index (κ2) is 7.59. The molecule has 28 heavy (non-hydrogen) atoms. The number of ether oxygens (including phenoxy) is 1. The highest BCUT2D eigenvalue weighted by Crippen LogP contribution is 2.34. The lowest BCUT2D eigenvalue weighted by atomic mass is 10.1. The largest absolute Gasteiger partial charge is 0.497 e. The Morgan fingerprint density at radius 2 is 2.07 bits per heavy atom. The van der Waals surface area contributed by atoms with E-state index in [1.54, 1.807) is 12.0 Å². The number of benzene rings is 2. The Labute approximate surface area is 165 Å². The molecule has 3 aromatic rings. The number of rotatable bonds is 5. The average molecular weight is 402 g/mol. The minimum Gasteiger partial charge on any atom is -0.497 e. The fourth-order valence-corrected chi connectivity index (χ4v) is 3.42. The van der Waals surface area contributed by atoms with Crippen LogP contribution in [-0.2, 0) is 11.3 Å². The highest BCUT2D eigenvalue weighted by Gasteiger charge is 2.36. The monoisotopic (exact) mass is 401 g/mol. The van der Waals surface area contributed by atoms with Gasteiger partial charge in [-0.2, -0.15) is 4.98 Å². The molecule has 2 aromatic carbocycles. The van der Waals surface area contributed by atoms with E-state index < -0.39 is 5.82 Å². The van der Waals surface area contributed by atoms with Gasteiger partial charge in [0.1, 0.15) is 17.6 Å². The van der Waals surface area contributed by atoms with Gasteiger partial charge in [-0.05, 0) is 42.3 Å². The highest BCUT2D eigenvalue weighted by atomic mass is 35.5. The van der Waals surface area contributed by atoms with Crippen molar-refractivity contribution in [2.45, 2.75) is 25.4 Å². The van der Waals surface area contributed by atoms with E-state index >= 15 is 0 Å². The summed E-state index contributed by atoms with van der Waals surface area (Å²) in [5, 5.41) is 3.96. The van der Waals surface area contributed by atoms with E-state index in [4.69, 9.17) is 20.9 Å². The summed E-state index contributed by atoms with van der Waals surface area (Å²) < 4.78 is 23.9. The van der Waals surface area contributed by atoms with Crippen molar-refractivity contribution in [1.82, 2.24) is 15.0 Å². The zero-order valence-corrected chi connectivity index (χ0v) is 15.8. The van der Waals surface area contributed by atoms with Gasteiger partial charge in [0.05, 0.1) is 12.1 Å². The van der Waals surface area contributed by atoms with Crippen LogP contribution in [-0.4, -0.2) is 28.1 Å². The van der Waals surface area contributed by atoms with Gasteiger partial charge in [0, 0.05) is 18.5 Å². The molecule has 144 valence electrons.